The van der Waals surface area contributed by atoms with Crippen LogP contribution in [-0.2, 0) is 10.1 Å². The van der Waals surface area contributed by atoms with Crippen LogP contribution in [-0.4, -0.2) is 19.8 Å². The van der Waals surface area contributed by atoms with Gasteiger partial charge in [0.15, 0.2) is 0 Å². The van der Waals surface area contributed by atoms with Gasteiger partial charge in [0.2, 0.25) is 0 Å². The minimum Gasteiger partial charge on any atom is -0.489 e. The maximum Gasteiger partial charge on any atom is 0.138 e. The lowest BCUT2D eigenvalue weighted by Crippen LogP contribution is -2.16. The SMILES string of the molecule is COC(C)COc1ccc(CBr)cc1Cl. The van der Waals surface area contributed by atoms with E-state index in [-0.39, 0.29) is 6.10 Å². The standard InChI is InChI=1S/C11H14BrClO2/c1-8(14-2)7-15-11-4-3-9(6-12)5-10(11)13/h3-5,8H,6-7H2,1-2H3. The molecule has 0 aliphatic carbocycles. The van der Waals surface area contributed by atoms with Crippen molar-refractivity contribution in [3.63, 3.8) is 0 Å². The molecule has 0 radical (unpaired) electrons. The molecule has 0 heterocycles. The Morgan fingerprint density at radius 2 is 2.20 bits per heavy atom. The van der Waals surface area contributed by atoms with E-state index >= 15 is 0 Å². The molecule has 2 nitrogen and oxygen atoms in total. The van der Waals surface area contributed by atoms with Gasteiger partial charge in [-0.2, -0.15) is 0 Å². The number of hydrogen-bond acceptors (Lipinski definition) is 2. The van der Waals surface area contributed by atoms with Gasteiger partial charge in [-0.3, -0.25) is 0 Å². The topological polar surface area (TPSA) is 18.5 Å². The molecule has 0 aromatic heterocycles. The summed E-state index contributed by atoms with van der Waals surface area (Å²) in [6.45, 7) is 2.45. The van der Waals surface area contributed by atoms with Crippen LogP contribution in [0.3, 0.4) is 0 Å². The highest BCUT2D eigenvalue weighted by molar-refractivity contribution is 9.08. The van der Waals surface area contributed by atoms with Crippen molar-refractivity contribution in [2.75, 3.05) is 13.7 Å². The summed E-state index contributed by atoms with van der Waals surface area (Å²) >= 11 is 9.42. The van der Waals surface area contributed by atoms with Crippen LogP contribution in [0, 0.1) is 0 Å². The van der Waals surface area contributed by atoms with Crippen LogP contribution in [0.25, 0.3) is 0 Å². The Labute approximate surface area is 104 Å². The van der Waals surface area contributed by atoms with Gasteiger partial charge in [0, 0.05) is 12.4 Å². The molecule has 1 aromatic rings. The minimum atomic E-state index is 0.0666. The van der Waals surface area contributed by atoms with Crippen molar-refractivity contribution in [1.82, 2.24) is 0 Å². The second kappa shape index (κ2) is 6.36. The molecule has 0 spiro atoms. The molecule has 0 aliphatic heterocycles. The molecule has 0 aliphatic rings. The predicted molar refractivity (Wildman–Crippen MR) is 66.0 cm³/mol. The summed E-state index contributed by atoms with van der Waals surface area (Å²) in [5, 5.41) is 1.43. The summed E-state index contributed by atoms with van der Waals surface area (Å²) in [4.78, 5) is 0. The summed E-state index contributed by atoms with van der Waals surface area (Å²) < 4.78 is 10.6. The summed E-state index contributed by atoms with van der Waals surface area (Å²) in [6.07, 6.45) is 0.0666. The third kappa shape index (κ3) is 4.01. The maximum absolute atomic E-state index is 6.05. The molecule has 0 fully saturated rings. The predicted octanol–water partition coefficient (Wildman–Crippen LogP) is 3.65. The Hall–Kier alpha value is -0.250. The number of rotatable bonds is 5. The Balaban J connectivity index is 2.62. The zero-order valence-electron chi connectivity index (χ0n) is 8.80. The molecular weight excluding hydrogens is 279 g/mol. The van der Waals surface area contributed by atoms with Crippen molar-refractivity contribution in [3.8, 4) is 5.75 Å². The number of halogens is 2. The fraction of sp³-hybridized carbons (Fsp3) is 0.455. The molecule has 84 valence electrons. The third-order valence-corrected chi connectivity index (χ3v) is 2.97. The van der Waals surface area contributed by atoms with Crippen LogP contribution in [0.15, 0.2) is 18.2 Å². The molecule has 4 heteroatoms. The lowest BCUT2D eigenvalue weighted by molar-refractivity contribution is 0.0717. The van der Waals surface area contributed by atoms with Crippen LogP contribution in [0.1, 0.15) is 12.5 Å². The fourth-order valence-corrected chi connectivity index (χ4v) is 1.63. The van der Waals surface area contributed by atoms with E-state index in [4.69, 9.17) is 21.1 Å². The lowest BCUT2D eigenvalue weighted by atomic mass is 10.2. The van der Waals surface area contributed by atoms with Gasteiger partial charge in [0.1, 0.15) is 12.4 Å². The Morgan fingerprint density at radius 3 is 2.73 bits per heavy atom. The largest absolute Gasteiger partial charge is 0.489 e. The third-order valence-electron chi connectivity index (χ3n) is 2.03. The van der Waals surface area contributed by atoms with E-state index in [1.807, 2.05) is 25.1 Å². The maximum atomic E-state index is 6.05. The van der Waals surface area contributed by atoms with E-state index in [9.17, 15) is 0 Å². The van der Waals surface area contributed by atoms with Gasteiger partial charge in [-0.15, -0.1) is 0 Å². The molecular formula is C11H14BrClO2. The van der Waals surface area contributed by atoms with Gasteiger partial charge in [0.05, 0.1) is 11.1 Å². The highest BCUT2D eigenvalue weighted by atomic mass is 79.9. The van der Waals surface area contributed by atoms with Crippen LogP contribution in [0.5, 0.6) is 5.75 Å². The smallest absolute Gasteiger partial charge is 0.138 e. The van der Waals surface area contributed by atoms with E-state index in [0.717, 1.165) is 10.9 Å². The number of benzene rings is 1. The van der Waals surface area contributed by atoms with Crippen LogP contribution >= 0.6 is 27.5 Å². The van der Waals surface area contributed by atoms with Gasteiger partial charge in [-0.05, 0) is 24.6 Å². The first-order valence-corrected chi connectivity index (χ1v) is 6.17. The first-order valence-electron chi connectivity index (χ1n) is 4.67. The molecule has 15 heavy (non-hydrogen) atoms. The molecule has 0 bridgehead atoms. The van der Waals surface area contributed by atoms with Gasteiger partial charge in [0.25, 0.3) is 0 Å². The quantitative estimate of drug-likeness (QED) is 0.772. The minimum absolute atomic E-state index is 0.0666. The Bertz CT molecular complexity index is 317. The summed E-state index contributed by atoms with van der Waals surface area (Å²) in [5.74, 6) is 0.699. The first-order chi connectivity index (χ1) is 7.17. The van der Waals surface area contributed by atoms with Crippen LogP contribution < -0.4 is 4.74 Å². The van der Waals surface area contributed by atoms with Gasteiger partial charge in [-0.25, -0.2) is 0 Å². The molecule has 0 saturated carbocycles. The summed E-state index contributed by atoms with van der Waals surface area (Å²) in [6, 6.07) is 5.75. The van der Waals surface area contributed by atoms with Crippen molar-refractivity contribution >= 4 is 27.5 Å². The molecule has 0 N–H and O–H groups in total. The van der Waals surface area contributed by atoms with Crippen molar-refractivity contribution in [1.29, 1.82) is 0 Å². The van der Waals surface area contributed by atoms with Crippen molar-refractivity contribution in [3.05, 3.63) is 28.8 Å². The fourth-order valence-electron chi connectivity index (χ4n) is 1.02. The van der Waals surface area contributed by atoms with Crippen LogP contribution in [0.2, 0.25) is 5.02 Å². The molecule has 1 atom stereocenters. The zero-order chi connectivity index (χ0) is 11.3. The summed E-state index contributed by atoms with van der Waals surface area (Å²) in [5.41, 5.74) is 1.13. The zero-order valence-corrected chi connectivity index (χ0v) is 11.1. The van der Waals surface area contributed by atoms with Gasteiger partial charge < -0.3 is 9.47 Å². The Morgan fingerprint density at radius 1 is 1.47 bits per heavy atom. The second-order valence-corrected chi connectivity index (χ2v) is 4.22. The number of alkyl halides is 1. The molecule has 1 aromatic carbocycles. The van der Waals surface area contributed by atoms with E-state index in [2.05, 4.69) is 15.9 Å². The van der Waals surface area contributed by atoms with E-state index in [1.54, 1.807) is 7.11 Å². The molecule has 1 unspecified atom stereocenters. The number of hydrogen-bond donors (Lipinski definition) is 0. The number of ether oxygens (including phenoxy) is 2. The normalized spacial score (nSPS) is 12.5. The average molecular weight is 294 g/mol. The second-order valence-electron chi connectivity index (χ2n) is 3.26. The van der Waals surface area contributed by atoms with E-state index in [1.165, 1.54) is 0 Å². The van der Waals surface area contributed by atoms with Crippen molar-refractivity contribution in [2.45, 2.75) is 18.4 Å². The average Bonchev–Trinajstić information content (AvgIpc) is 2.26. The van der Waals surface area contributed by atoms with Gasteiger partial charge >= 0.3 is 0 Å². The first kappa shape index (κ1) is 12.8. The molecule has 0 amide bonds. The van der Waals surface area contributed by atoms with Crippen LogP contribution in [0.4, 0.5) is 0 Å². The monoisotopic (exact) mass is 292 g/mol. The highest BCUT2D eigenvalue weighted by Crippen LogP contribution is 2.26. The summed E-state index contributed by atoms with van der Waals surface area (Å²) in [7, 11) is 1.66. The van der Waals surface area contributed by atoms with Gasteiger partial charge in [-0.1, -0.05) is 33.6 Å². The van der Waals surface area contributed by atoms with E-state index < -0.39 is 0 Å². The van der Waals surface area contributed by atoms with Crippen molar-refractivity contribution in [2.24, 2.45) is 0 Å². The number of methoxy groups -OCH3 is 1. The van der Waals surface area contributed by atoms with Crippen molar-refractivity contribution < 1.29 is 9.47 Å². The van der Waals surface area contributed by atoms with E-state index in [0.29, 0.717) is 17.4 Å². The Kier molecular flexibility index (Phi) is 5.43. The lowest BCUT2D eigenvalue weighted by Gasteiger charge is -2.12. The highest BCUT2D eigenvalue weighted by Gasteiger charge is 2.05. The molecule has 0 saturated heterocycles. The molecule has 1 rings (SSSR count).